The molecule has 1 N–H and O–H groups in total. The number of nitrogens with zero attached hydrogens (tertiary/aromatic N) is 2. The molecule has 0 radical (unpaired) electrons. The van der Waals surface area contributed by atoms with Crippen molar-refractivity contribution in [1.29, 1.82) is 0 Å². The summed E-state index contributed by atoms with van der Waals surface area (Å²) < 4.78 is 22.6. The highest BCUT2D eigenvalue weighted by atomic mass is 32.2. The molecule has 1 aromatic carbocycles. The van der Waals surface area contributed by atoms with Crippen molar-refractivity contribution in [2.24, 2.45) is 0 Å². The molecule has 0 aliphatic rings. The molecule has 120 valence electrons. The van der Waals surface area contributed by atoms with E-state index in [1.807, 2.05) is 24.6 Å². The van der Waals surface area contributed by atoms with E-state index in [9.17, 15) is 13.5 Å². The Morgan fingerprint density at radius 3 is 2.77 bits per heavy atom. The predicted octanol–water partition coefficient (Wildman–Crippen LogP) is 2.59. The van der Waals surface area contributed by atoms with Gasteiger partial charge in [-0.1, -0.05) is 12.1 Å². The minimum absolute atomic E-state index is 0.0104. The molecule has 0 amide bonds. The number of aromatic hydroxyl groups is 1. The number of phenols is 1. The highest BCUT2D eigenvalue weighted by molar-refractivity contribution is 7.90. The van der Waals surface area contributed by atoms with E-state index in [4.69, 9.17) is 0 Å². The van der Waals surface area contributed by atoms with Crippen LogP contribution in [0.15, 0.2) is 29.6 Å². The quantitative estimate of drug-likeness (QED) is 0.875. The minimum atomic E-state index is -3.05. The van der Waals surface area contributed by atoms with E-state index in [2.05, 4.69) is 16.8 Å². The number of rotatable bonds is 6. The molecule has 7 heteroatoms. The van der Waals surface area contributed by atoms with Crippen molar-refractivity contribution in [3.05, 3.63) is 45.9 Å². The van der Waals surface area contributed by atoms with Crippen molar-refractivity contribution < 1.29 is 13.5 Å². The summed E-state index contributed by atoms with van der Waals surface area (Å²) in [5.41, 5.74) is 1.88. The molecule has 0 fully saturated rings. The van der Waals surface area contributed by atoms with Crippen LogP contribution in [0.25, 0.3) is 0 Å². The third-order valence-corrected chi connectivity index (χ3v) is 5.29. The van der Waals surface area contributed by atoms with Gasteiger partial charge in [0.2, 0.25) is 0 Å². The summed E-state index contributed by atoms with van der Waals surface area (Å²) in [6, 6.07) is 7.30. The van der Waals surface area contributed by atoms with Gasteiger partial charge < -0.3 is 5.11 Å². The molecule has 1 atom stereocenters. The first kappa shape index (κ1) is 16.9. The van der Waals surface area contributed by atoms with Gasteiger partial charge in [-0.3, -0.25) is 4.90 Å². The summed E-state index contributed by atoms with van der Waals surface area (Å²) in [5.74, 6) is 0.241. The van der Waals surface area contributed by atoms with E-state index in [1.165, 1.54) is 17.6 Å². The lowest BCUT2D eigenvalue weighted by atomic mass is 10.1. The van der Waals surface area contributed by atoms with Gasteiger partial charge in [0.25, 0.3) is 0 Å². The molecule has 0 bridgehead atoms. The maximum absolute atomic E-state index is 11.3. The molecule has 1 heterocycles. The normalized spacial score (nSPS) is 13.5. The lowest BCUT2D eigenvalue weighted by Crippen LogP contribution is -2.22. The summed E-state index contributed by atoms with van der Waals surface area (Å²) in [4.78, 5) is 6.48. The SMILES string of the molecule is C[C@H](c1cccc(O)c1)N(C)Cc1csc(CS(C)(=O)=O)n1. The molecule has 22 heavy (non-hydrogen) atoms. The van der Waals surface area contributed by atoms with Crippen LogP contribution in [0, 0.1) is 0 Å². The van der Waals surface area contributed by atoms with Gasteiger partial charge in [0.1, 0.15) is 16.5 Å². The molecule has 0 spiro atoms. The molecule has 0 saturated heterocycles. The molecule has 0 aliphatic carbocycles. The van der Waals surface area contributed by atoms with Crippen molar-refractivity contribution in [3.8, 4) is 5.75 Å². The Hall–Kier alpha value is -1.44. The standard InChI is InChI=1S/C15H20N2O3S2/c1-11(12-5-4-6-14(18)7-12)17(2)8-13-9-21-15(16-13)10-22(3,19)20/h4-7,9,11,18H,8,10H2,1-3H3/t11-/m1/s1. The van der Waals surface area contributed by atoms with Gasteiger partial charge in [0.05, 0.1) is 5.69 Å². The van der Waals surface area contributed by atoms with Gasteiger partial charge in [-0.2, -0.15) is 0 Å². The van der Waals surface area contributed by atoms with Gasteiger partial charge in [0.15, 0.2) is 9.84 Å². The van der Waals surface area contributed by atoms with Crippen LogP contribution in [0.1, 0.15) is 29.2 Å². The average Bonchev–Trinajstić information content (AvgIpc) is 2.82. The first-order valence-electron chi connectivity index (χ1n) is 6.85. The number of thiazole rings is 1. The number of sulfone groups is 1. The summed E-state index contributed by atoms with van der Waals surface area (Å²) in [7, 11) is -1.07. The Kier molecular flexibility index (Phi) is 5.20. The summed E-state index contributed by atoms with van der Waals surface area (Å²) >= 11 is 1.37. The van der Waals surface area contributed by atoms with Crippen LogP contribution in [0.5, 0.6) is 5.75 Å². The Morgan fingerprint density at radius 1 is 1.41 bits per heavy atom. The van der Waals surface area contributed by atoms with Crippen LogP contribution in [0.3, 0.4) is 0 Å². The van der Waals surface area contributed by atoms with Crippen molar-refractivity contribution in [2.45, 2.75) is 25.3 Å². The van der Waals surface area contributed by atoms with Crippen molar-refractivity contribution in [2.75, 3.05) is 13.3 Å². The van der Waals surface area contributed by atoms with Crippen molar-refractivity contribution in [1.82, 2.24) is 9.88 Å². The fourth-order valence-electron chi connectivity index (χ4n) is 2.14. The molecule has 0 unspecified atom stereocenters. The Morgan fingerprint density at radius 2 is 2.14 bits per heavy atom. The predicted molar refractivity (Wildman–Crippen MR) is 88.7 cm³/mol. The molecule has 2 rings (SSSR count). The molecular weight excluding hydrogens is 320 g/mol. The van der Waals surface area contributed by atoms with Crippen LogP contribution in [-0.4, -0.2) is 36.7 Å². The minimum Gasteiger partial charge on any atom is -0.508 e. The van der Waals surface area contributed by atoms with Crippen LogP contribution in [0.4, 0.5) is 0 Å². The van der Waals surface area contributed by atoms with Crippen LogP contribution in [-0.2, 0) is 22.1 Å². The Bertz CT molecular complexity index is 741. The van der Waals surface area contributed by atoms with Crippen molar-refractivity contribution in [3.63, 3.8) is 0 Å². The van der Waals surface area contributed by atoms with E-state index < -0.39 is 9.84 Å². The monoisotopic (exact) mass is 340 g/mol. The second-order valence-corrected chi connectivity index (χ2v) is 8.57. The molecular formula is C15H20N2O3S2. The number of benzene rings is 1. The van der Waals surface area contributed by atoms with Gasteiger partial charge >= 0.3 is 0 Å². The average molecular weight is 340 g/mol. The number of hydrogen-bond acceptors (Lipinski definition) is 6. The van der Waals surface area contributed by atoms with Gasteiger partial charge in [0, 0.05) is 24.2 Å². The second-order valence-electron chi connectivity index (χ2n) is 5.49. The smallest absolute Gasteiger partial charge is 0.153 e. The van der Waals surface area contributed by atoms with E-state index >= 15 is 0 Å². The zero-order chi connectivity index (χ0) is 16.3. The molecule has 0 saturated carbocycles. The third-order valence-electron chi connectivity index (χ3n) is 3.41. The van der Waals surface area contributed by atoms with Crippen molar-refractivity contribution >= 4 is 21.2 Å². The van der Waals surface area contributed by atoms with E-state index in [0.717, 1.165) is 11.3 Å². The fourth-order valence-corrected chi connectivity index (χ4v) is 4.14. The topological polar surface area (TPSA) is 70.5 Å². The van der Waals surface area contributed by atoms with Gasteiger partial charge in [-0.25, -0.2) is 13.4 Å². The largest absolute Gasteiger partial charge is 0.508 e. The Balaban J connectivity index is 2.04. The summed E-state index contributed by atoms with van der Waals surface area (Å²) in [5, 5.41) is 12.1. The lowest BCUT2D eigenvalue weighted by molar-refractivity contribution is 0.250. The van der Waals surface area contributed by atoms with E-state index in [1.54, 1.807) is 12.1 Å². The highest BCUT2D eigenvalue weighted by Crippen LogP contribution is 2.24. The Labute approximate surface area is 135 Å². The summed E-state index contributed by atoms with van der Waals surface area (Å²) in [6.45, 7) is 2.68. The molecule has 0 aliphatic heterocycles. The number of hydrogen-bond donors (Lipinski definition) is 1. The van der Waals surface area contributed by atoms with Gasteiger partial charge in [-0.05, 0) is 31.7 Å². The lowest BCUT2D eigenvalue weighted by Gasteiger charge is -2.24. The number of aromatic nitrogens is 1. The third kappa shape index (κ3) is 4.79. The number of phenolic OH excluding ortho intramolecular Hbond substituents is 1. The first-order valence-corrected chi connectivity index (χ1v) is 9.79. The van der Waals surface area contributed by atoms with Crippen LogP contribution in [0.2, 0.25) is 0 Å². The second kappa shape index (κ2) is 6.76. The van der Waals surface area contributed by atoms with E-state index in [0.29, 0.717) is 11.6 Å². The maximum atomic E-state index is 11.3. The zero-order valence-electron chi connectivity index (χ0n) is 12.9. The summed E-state index contributed by atoms with van der Waals surface area (Å²) in [6.07, 6.45) is 1.21. The fraction of sp³-hybridized carbons (Fsp3) is 0.400. The maximum Gasteiger partial charge on any atom is 0.153 e. The molecule has 2 aromatic rings. The highest BCUT2D eigenvalue weighted by Gasteiger charge is 2.15. The zero-order valence-corrected chi connectivity index (χ0v) is 14.5. The van der Waals surface area contributed by atoms with Gasteiger partial charge in [-0.15, -0.1) is 11.3 Å². The van der Waals surface area contributed by atoms with E-state index in [-0.39, 0.29) is 17.5 Å². The molecule has 1 aromatic heterocycles. The molecule has 5 nitrogen and oxygen atoms in total. The first-order chi connectivity index (χ1) is 10.2. The van der Waals surface area contributed by atoms with Crippen LogP contribution < -0.4 is 0 Å². The van der Waals surface area contributed by atoms with Crippen LogP contribution >= 0.6 is 11.3 Å².